The number of esters is 2. The van der Waals surface area contributed by atoms with Crippen molar-refractivity contribution >= 4 is 11.9 Å². The van der Waals surface area contributed by atoms with Crippen LogP contribution in [-0.2, 0) is 19.1 Å². The van der Waals surface area contributed by atoms with E-state index in [1.807, 2.05) is 0 Å². The van der Waals surface area contributed by atoms with E-state index >= 15 is 0 Å². The number of carbonyl (C=O) groups excluding carboxylic acids is 2. The van der Waals surface area contributed by atoms with E-state index in [-0.39, 0.29) is 13.0 Å². The SMILES string of the molecule is CCOC(=O)C(OC(=O)CC)c1ccncc1. The first-order chi connectivity index (χ1) is 8.19. The Hall–Kier alpha value is -1.91. The molecule has 0 aliphatic carbocycles. The molecule has 1 heterocycles. The average Bonchev–Trinajstić information content (AvgIpc) is 2.36. The van der Waals surface area contributed by atoms with Crippen LogP contribution < -0.4 is 0 Å². The molecular weight excluding hydrogens is 222 g/mol. The van der Waals surface area contributed by atoms with Crippen molar-refractivity contribution in [2.24, 2.45) is 0 Å². The third-order valence-corrected chi connectivity index (χ3v) is 2.05. The van der Waals surface area contributed by atoms with Gasteiger partial charge in [-0.25, -0.2) is 4.79 Å². The number of nitrogens with zero attached hydrogens (tertiary/aromatic N) is 1. The summed E-state index contributed by atoms with van der Waals surface area (Å²) in [7, 11) is 0. The minimum absolute atomic E-state index is 0.209. The third-order valence-electron chi connectivity index (χ3n) is 2.05. The largest absolute Gasteiger partial charge is 0.463 e. The van der Waals surface area contributed by atoms with Crippen LogP contribution in [0.4, 0.5) is 0 Å². The van der Waals surface area contributed by atoms with Crippen molar-refractivity contribution in [1.29, 1.82) is 0 Å². The second kappa shape index (κ2) is 6.62. The van der Waals surface area contributed by atoms with Gasteiger partial charge in [0, 0.05) is 24.4 Å². The fraction of sp³-hybridized carbons (Fsp3) is 0.417. The Morgan fingerprint density at radius 1 is 1.29 bits per heavy atom. The highest BCUT2D eigenvalue weighted by molar-refractivity contribution is 5.80. The quantitative estimate of drug-likeness (QED) is 0.728. The van der Waals surface area contributed by atoms with E-state index in [0.717, 1.165) is 0 Å². The van der Waals surface area contributed by atoms with Gasteiger partial charge in [0.05, 0.1) is 6.61 Å². The highest BCUT2D eigenvalue weighted by Gasteiger charge is 2.25. The van der Waals surface area contributed by atoms with Gasteiger partial charge in [0.1, 0.15) is 0 Å². The Bertz CT molecular complexity index is 377. The summed E-state index contributed by atoms with van der Waals surface area (Å²) in [4.78, 5) is 26.8. The van der Waals surface area contributed by atoms with Gasteiger partial charge in [-0.15, -0.1) is 0 Å². The molecule has 0 aromatic carbocycles. The van der Waals surface area contributed by atoms with Gasteiger partial charge in [0.15, 0.2) is 0 Å². The lowest BCUT2D eigenvalue weighted by atomic mass is 10.1. The van der Waals surface area contributed by atoms with Gasteiger partial charge in [-0.3, -0.25) is 9.78 Å². The lowest BCUT2D eigenvalue weighted by molar-refractivity contribution is -0.168. The Morgan fingerprint density at radius 2 is 1.94 bits per heavy atom. The van der Waals surface area contributed by atoms with Crippen molar-refractivity contribution in [3.8, 4) is 0 Å². The maximum Gasteiger partial charge on any atom is 0.352 e. The van der Waals surface area contributed by atoms with E-state index in [1.165, 1.54) is 12.4 Å². The smallest absolute Gasteiger partial charge is 0.352 e. The van der Waals surface area contributed by atoms with Gasteiger partial charge in [-0.2, -0.15) is 0 Å². The Morgan fingerprint density at radius 3 is 2.47 bits per heavy atom. The molecule has 0 amide bonds. The molecule has 1 aromatic rings. The number of aromatic nitrogens is 1. The lowest BCUT2D eigenvalue weighted by Crippen LogP contribution is -2.21. The molecule has 0 radical (unpaired) electrons. The van der Waals surface area contributed by atoms with E-state index in [0.29, 0.717) is 5.56 Å². The number of rotatable bonds is 5. The molecule has 0 aliphatic heterocycles. The molecule has 0 saturated carbocycles. The summed E-state index contributed by atoms with van der Waals surface area (Å²) in [5.74, 6) is -1.01. The molecule has 0 fully saturated rings. The minimum Gasteiger partial charge on any atom is -0.463 e. The molecule has 0 aliphatic rings. The van der Waals surface area contributed by atoms with Gasteiger partial charge < -0.3 is 9.47 Å². The fourth-order valence-electron chi connectivity index (χ4n) is 1.22. The molecule has 92 valence electrons. The van der Waals surface area contributed by atoms with Crippen LogP contribution in [0.5, 0.6) is 0 Å². The maximum absolute atomic E-state index is 11.7. The zero-order chi connectivity index (χ0) is 12.7. The van der Waals surface area contributed by atoms with Gasteiger partial charge in [-0.1, -0.05) is 6.92 Å². The summed E-state index contributed by atoms with van der Waals surface area (Å²) in [5.41, 5.74) is 0.556. The minimum atomic E-state index is -1.01. The van der Waals surface area contributed by atoms with Crippen molar-refractivity contribution in [1.82, 2.24) is 4.98 Å². The summed E-state index contributed by atoms with van der Waals surface area (Å²) in [6.45, 7) is 3.60. The topological polar surface area (TPSA) is 65.5 Å². The standard InChI is InChI=1S/C12H15NO4/c1-3-10(14)17-11(12(15)16-4-2)9-5-7-13-8-6-9/h5-8,11H,3-4H2,1-2H3. The van der Waals surface area contributed by atoms with E-state index in [2.05, 4.69) is 4.98 Å². The zero-order valence-corrected chi connectivity index (χ0v) is 9.88. The van der Waals surface area contributed by atoms with E-state index < -0.39 is 18.0 Å². The van der Waals surface area contributed by atoms with Gasteiger partial charge in [0.2, 0.25) is 6.10 Å². The van der Waals surface area contributed by atoms with Crippen LogP contribution in [0, 0.1) is 0 Å². The fourth-order valence-corrected chi connectivity index (χ4v) is 1.22. The molecule has 17 heavy (non-hydrogen) atoms. The molecule has 0 saturated heterocycles. The summed E-state index contributed by atoms with van der Waals surface area (Å²) in [6, 6.07) is 3.23. The van der Waals surface area contributed by atoms with E-state index in [9.17, 15) is 9.59 Å². The number of hydrogen-bond acceptors (Lipinski definition) is 5. The highest BCUT2D eigenvalue weighted by atomic mass is 16.6. The predicted molar refractivity (Wildman–Crippen MR) is 60.0 cm³/mol. The second-order valence-electron chi connectivity index (χ2n) is 3.26. The first-order valence-corrected chi connectivity index (χ1v) is 5.45. The van der Waals surface area contributed by atoms with Gasteiger partial charge >= 0.3 is 11.9 Å². The first kappa shape index (κ1) is 13.2. The Labute approximate surface area is 99.8 Å². The van der Waals surface area contributed by atoms with Crippen LogP contribution in [-0.4, -0.2) is 23.5 Å². The molecule has 0 spiro atoms. The molecule has 0 bridgehead atoms. The monoisotopic (exact) mass is 237 g/mol. The second-order valence-corrected chi connectivity index (χ2v) is 3.26. The third kappa shape index (κ3) is 3.86. The molecule has 1 unspecified atom stereocenters. The predicted octanol–water partition coefficient (Wildman–Crippen LogP) is 1.64. The van der Waals surface area contributed by atoms with Crippen molar-refractivity contribution in [3.63, 3.8) is 0 Å². The maximum atomic E-state index is 11.7. The van der Waals surface area contributed by atoms with Gasteiger partial charge in [-0.05, 0) is 19.1 Å². The average molecular weight is 237 g/mol. The van der Waals surface area contributed by atoms with Crippen LogP contribution in [0.25, 0.3) is 0 Å². The van der Waals surface area contributed by atoms with Crippen LogP contribution in [0.2, 0.25) is 0 Å². The summed E-state index contributed by atoms with van der Waals surface area (Å²) in [5, 5.41) is 0. The summed E-state index contributed by atoms with van der Waals surface area (Å²) < 4.78 is 9.93. The van der Waals surface area contributed by atoms with Crippen LogP contribution >= 0.6 is 0 Å². The summed E-state index contributed by atoms with van der Waals surface area (Å²) >= 11 is 0. The normalized spacial score (nSPS) is 11.6. The number of pyridine rings is 1. The Balaban J connectivity index is 2.86. The van der Waals surface area contributed by atoms with Crippen LogP contribution in [0.1, 0.15) is 31.9 Å². The first-order valence-electron chi connectivity index (χ1n) is 5.45. The molecule has 5 nitrogen and oxygen atoms in total. The molecule has 0 N–H and O–H groups in total. The number of hydrogen-bond donors (Lipinski definition) is 0. The highest BCUT2D eigenvalue weighted by Crippen LogP contribution is 2.19. The van der Waals surface area contributed by atoms with E-state index in [1.54, 1.807) is 26.0 Å². The number of carbonyl (C=O) groups is 2. The zero-order valence-electron chi connectivity index (χ0n) is 9.88. The molecule has 1 aromatic heterocycles. The van der Waals surface area contributed by atoms with Crippen molar-refractivity contribution in [3.05, 3.63) is 30.1 Å². The van der Waals surface area contributed by atoms with Crippen molar-refractivity contribution < 1.29 is 19.1 Å². The Kier molecular flexibility index (Phi) is 5.13. The van der Waals surface area contributed by atoms with Crippen molar-refractivity contribution in [2.45, 2.75) is 26.4 Å². The van der Waals surface area contributed by atoms with Gasteiger partial charge in [0.25, 0.3) is 0 Å². The molecule has 1 rings (SSSR count). The molecular formula is C12H15NO4. The molecule has 5 heteroatoms. The van der Waals surface area contributed by atoms with E-state index in [4.69, 9.17) is 9.47 Å². The van der Waals surface area contributed by atoms with Crippen molar-refractivity contribution in [2.75, 3.05) is 6.61 Å². The van der Waals surface area contributed by atoms with Crippen LogP contribution in [0.15, 0.2) is 24.5 Å². The molecule has 1 atom stereocenters. The number of ether oxygens (including phenoxy) is 2. The van der Waals surface area contributed by atoms with Crippen LogP contribution in [0.3, 0.4) is 0 Å². The summed E-state index contributed by atoms with van der Waals surface area (Å²) in [6.07, 6.45) is 2.26. The lowest BCUT2D eigenvalue weighted by Gasteiger charge is -2.16.